The summed E-state index contributed by atoms with van der Waals surface area (Å²) in [5, 5.41) is 3.37. The summed E-state index contributed by atoms with van der Waals surface area (Å²) in [7, 11) is 0. The van der Waals surface area contributed by atoms with Crippen LogP contribution in [0.4, 0.5) is 0 Å². The first kappa shape index (κ1) is 12.9. The summed E-state index contributed by atoms with van der Waals surface area (Å²) in [4.78, 5) is 0. The molecule has 0 aliphatic carbocycles. The summed E-state index contributed by atoms with van der Waals surface area (Å²) < 4.78 is 11.4. The van der Waals surface area contributed by atoms with Crippen LogP contribution in [0, 0.1) is 0 Å². The summed E-state index contributed by atoms with van der Waals surface area (Å²) in [5.74, 6) is 0. The van der Waals surface area contributed by atoms with E-state index in [1.165, 1.54) is 12.8 Å². The maximum atomic E-state index is 5.81. The summed E-state index contributed by atoms with van der Waals surface area (Å²) in [6.45, 7) is 9.05. The van der Waals surface area contributed by atoms with Crippen molar-refractivity contribution < 1.29 is 9.47 Å². The van der Waals surface area contributed by atoms with E-state index in [1.54, 1.807) is 0 Å². The number of nitrogens with one attached hydrogen (secondary N) is 1. The van der Waals surface area contributed by atoms with E-state index >= 15 is 0 Å². The first-order valence-electron chi connectivity index (χ1n) is 6.20. The molecule has 3 atom stereocenters. The zero-order chi connectivity index (χ0) is 11.1. The van der Waals surface area contributed by atoms with Crippen LogP contribution in [0.2, 0.25) is 0 Å². The molecule has 3 nitrogen and oxygen atoms in total. The lowest BCUT2D eigenvalue weighted by Gasteiger charge is -2.26. The Hall–Kier alpha value is -0.120. The van der Waals surface area contributed by atoms with Gasteiger partial charge in [-0.25, -0.2) is 0 Å². The Kier molecular flexibility index (Phi) is 6.22. The van der Waals surface area contributed by atoms with Gasteiger partial charge in [-0.15, -0.1) is 0 Å². The lowest BCUT2D eigenvalue weighted by Crippen LogP contribution is -2.39. The third-order valence-corrected chi connectivity index (χ3v) is 3.05. The number of rotatable bonds is 6. The standard InChI is InChI=1S/C12H25NO2/c1-4-13-10(2)11(3)15-9-12-7-5-6-8-14-12/h10-13H,4-9H2,1-3H3. The molecule has 0 aromatic carbocycles. The van der Waals surface area contributed by atoms with E-state index in [4.69, 9.17) is 9.47 Å². The van der Waals surface area contributed by atoms with Crippen molar-refractivity contribution in [2.75, 3.05) is 19.8 Å². The molecule has 1 fully saturated rings. The van der Waals surface area contributed by atoms with Gasteiger partial charge >= 0.3 is 0 Å². The van der Waals surface area contributed by atoms with E-state index < -0.39 is 0 Å². The second-order valence-corrected chi connectivity index (χ2v) is 4.37. The molecule has 3 unspecified atom stereocenters. The minimum atomic E-state index is 0.260. The van der Waals surface area contributed by atoms with Crippen LogP contribution in [-0.2, 0) is 9.47 Å². The van der Waals surface area contributed by atoms with Gasteiger partial charge in [0.05, 0.1) is 18.8 Å². The Labute approximate surface area is 93.5 Å². The van der Waals surface area contributed by atoms with Gasteiger partial charge in [0.2, 0.25) is 0 Å². The Morgan fingerprint density at radius 1 is 1.40 bits per heavy atom. The Balaban J connectivity index is 2.11. The average molecular weight is 215 g/mol. The van der Waals surface area contributed by atoms with Crippen molar-refractivity contribution in [3.8, 4) is 0 Å². The van der Waals surface area contributed by atoms with Crippen molar-refractivity contribution >= 4 is 0 Å². The van der Waals surface area contributed by atoms with Crippen molar-refractivity contribution in [2.24, 2.45) is 0 Å². The minimum Gasteiger partial charge on any atom is -0.376 e. The second-order valence-electron chi connectivity index (χ2n) is 4.37. The summed E-state index contributed by atoms with van der Waals surface area (Å²) >= 11 is 0. The van der Waals surface area contributed by atoms with Crippen LogP contribution < -0.4 is 5.32 Å². The second kappa shape index (κ2) is 7.20. The first-order valence-corrected chi connectivity index (χ1v) is 6.20. The summed E-state index contributed by atoms with van der Waals surface area (Å²) in [6.07, 6.45) is 4.23. The fraction of sp³-hybridized carbons (Fsp3) is 1.00. The van der Waals surface area contributed by atoms with Crippen LogP contribution >= 0.6 is 0 Å². The molecule has 1 N–H and O–H groups in total. The van der Waals surface area contributed by atoms with Crippen LogP contribution in [0.15, 0.2) is 0 Å². The highest BCUT2D eigenvalue weighted by molar-refractivity contribution is 4.69. The van der Waals surface area contributed by atoms with Crippen molar-refractivity contribution in [1.82, 2.24) is 5.32 Å². The van der Waals surface area contributed by atoms with Gasteiger partial charge in [0, 0.05) is 12.6 Å². The first-order chi connectivity index (χ1) is 7.24. The van der Waals surface area contributed by atoms with Crippen molar-refractivity contribution in [3.63, 3.8) is 0 Å². The molecule has 0 saturated carbocycles. The molecule has 1 aliphatic heterocycles. The largest absolute Gasteiger partial charge is 0.376 e. The molecule has 0 bridgehead atoms. The topological polar surface area (TPSA) is 30.5 Å². The van der Waals surface area contributed by atoms with Gasteiger partial charge in [-0.3, -0.25) is 0 Å². The minimum absolute atomic E-state index is 0.260. The van der Waals surface area contributed by atoms with E-state index in [1.807, 2.05) is 0 Å². The molecule has 0 aromatic heterocycles. The quantitative estimate of drug-likeness (QED) is 0.734. The zero-order valence-electron chi connectivity index (χ0n) is 10.3. The van der Waals surface area contributed by atoms with E-state index in [0.29, 0.717) is 12.1 Å². The normalized spacial score (nSPS) is 26.2. The molecule has 1 saturated heterocycles. The molecular weight excluding hydrogens is 190 g/mol. The molecule has 90 valence electrons. The van der Waals surface area contributed by atoms with Gasteiger partial charge in [0.1, 0.15) is 0 Å². The van der Waals surface area contributed by atoms with Crippen LogP contribution in [-0.4, -0.2) is 38.0 Å². The van der Waals surface area contributed by atoms with Gasteiger partial charge in [0.15, 0.2) is 0 Å². The Morgan fingerprint density at radius 2 is 2.20 bits per heavy atom. The predicted molar refractivity (Wildman–Crippen MR) is 62.1 cm³/mol. The maximum absolute atomic E-state index is 5.81. The third-order valence-electron chi connectivity index (χ3n) is 3.05. The van der Waals surface area contributed by atoms with Crippen LogP contribution in [0.1, 0.15) is 40.0 Å². The average Bonchev–Trinajstić information content (AvgIpc) is 2.27. The van der Waals surface area contributed by atoms with E-state index in [0.717, 1.165) is 26.2 Å². The SMILES string of the molecule is CCNC(C)C(C)OCC1CCCCO1. The van der Waals surface area contributed by atoms with E-state index in [9.17, 15) is 0 Å². The highest BCUT2D eigenvalue weighted by Crippen LogP contribution is 2.13. The number of ether oxygens (including phenoxy) is 2. The number of hydrogen-bond donors (Lipinski definition) is 1. The lowest BCUT2D eigenvalue weighted by atomic mass is 10.1. The zero-order valence-corrected chi connectivity index (χ0v) is 10.3. The Bertz CT molecular complexity index is 158. The molecule has 0 radical (unpaired) electrons. The smallest absolute Gasteiger partial charge is 0.0808 e. The van der Waals surface area contributed by atoms with Gasteiger partial charge < -0.3 is 14.8 Å². The molecule has 3 heteroatoms. The van der Waals surface area contributed by atoms with Crippen LogP contribution in [0.3, 0.4) is 0 Å². The van der Waals surface area contributed by atoms with Gasteiger partial charge in [-0.1, -0.05) is 6.92 Å². The molecule has 1 rings (SSSR count). The van der Waals surface area contributed by atoms with Gasteiger partial charge in [-0.05, 0) is 39.7 Å². The highest BCUT2D eigenvalue weighted by atomic mass is 16.5. The number of hydrogen-bond acceptors (Lipinski definition) is 3. The van der Waals surface area contributed by atoms with Gasteiger partial charge in [0.25, 0.3) is 0 Å². The molecule has 15 heavy (non-hydrogen) atoms. The molecule has 1 aliphatic rings. The molecular formula is C12H25NO2. The van der Waals surface area contributed by atoms with E-state index in [2.05, 4.69) is 26.1 Å². The highest BCUT2D eigenvalue weighted by Gasteiger charge is 2.17. The van der Waals surface area contributed by atoms with E-state index in [-0.39, 0.29) is 6.10 Å². The molecule has 0 aromatic rings. The molecule has 0 amide bonds. The third kappa shape index (κ3) is 4.96. The summed E-state index contributed by atoms with van der Waals surface area (Å²) in [5.41, 5.74) is 0. The van der Waals surface area contributed by atoms with Crippen molar-refractivity contribution in [2.45, 2.75) is 58.3 Å². The molecule has 1 heterocycles. The monoisotopic (exact) mass is 215 g/mol. The van der Waals surface area contributed by atoms with Crippen molar-refractivity contribution in [3.05, 3.63) is 0 Å². The Morgan fingerprint density at radius 3 is 2.80 bits per heavy atom. The fourth-order valence-electron chi connectivity index (χ4n) is 1.83. The predicted octanol–water partition coefficient (Wildman–Crippen LogP) is 1.96. The number of likely N-dealkylation sites (N-methyl/N-ethyl adjacent to an activating group) is 1. The van der Waals surface area contributed by atoms with Crippen LogP contribution in [0.25, 0.3) is 0 Å². The lowest BCUT2D eigenvalue weighted by molar-refractivity contribution is -0.0647. The fourth-order valence-corrected chi connectivity index (χ4v) is 1.83. The van der Waals surface area contributed by atoms with Crippen molar-refractivity contribution in [1.29, 1.82) is 0 Å². The van der Waals surface area contributed by atoms with Gasteiger partial charge in [-0.2, -0.15) is 0 Å². The maximum Gasteiger partial charge on any atom is 0.0808 e. The van der Waals surface area contributed by atoms with Crippen LogP contribution in [0.5, 0.6) is 0 Å². The summed E-state index contributed by atoms with van der Waals surface area (Å²) in [6, 6.07) is 0.415. The molecule has 0 spiro atoms.